The molecule has 2 N–H and O–H groups in total. The summed E-state index contributed by atoms with van der Waals surface area (Å²) in [5.74, 6) is 0.331. The molecule has 0 aromatic rings. The number of allylic oxidation sites excluding steroid dienone is 2. The number of aliphatic imine (C=N–C) groups is 1. The maximum Gasteiger partial charge on any atom is 0.0856 e. The normalized spacial score (nSPS) is 14.5. The van der Waals surface area contributed by atoms with Crippen LogP contribution in [0.4, 0.5) is 0 Å². The van der Waals surface area contributed by atoms with E-state index in [1.807, 2.05) is 20.8 Å². The van der Waals surface area contributed by atoms with Gasteiger partial charge in [-0.15, -0.1) is 0 Å². The molecule has 0 atom stereocenters. The van der Waals surface area contributed by atoms with Gasteiger partial charge in [-0.2, -0.15) is 0 Å². The first kappa shape index (κ1) is 9.50. The van der Waals surface area contributed by atoms with Gasteiger partial charge in [-0.05, 0) is 12.8 Å². The van der Waals surface area contributed by atoms with Crippen LogP contribution in [0.1, 0.15) is 20.8 Å². The lowest BCUT2D eigenvalue weighted by Gasteiger charge is -2.05. The lowest BCUT2D eigenvalue weighted by Crippen LogP contribution is -1.96. The van der Waals surface area contributed by atoms with E-state index in [1.165, 1.54) is 6.34 Å². The molecule has 0 radical (unpaired) electrons. The zero-order chi connectivity index (χ0) is 8.15. The second-order valence-corrected chi connectivity index (χ2v) is 2.92. The number of halogens is 1. The molecule has 3 heteroatoms. The largest absolute Gasteiger partial charge is 0.390 e. The van der Waals surface area contributed by atoms with Gasteiger partial charge in [-0.3, -0.25) is 0 Å². The minimum Gasteiger partial charge on any atom is -0.390 e. The van der Waals surface area contributed by atoms with Crippen molar-refractivity contribution < 1.29 is 0 Å². The fourth-order valence-corrected chi connectivity index (χ4v) is 0.983. The molecule has 0 aliphatic rings. The highest BCUT2D eigenvalue weighted by Crippen LogP contribution is 2.17. The van der Waals surface area contributed by atoms with Crippen molar-refractivity contribution in [2.75, 3.05) is 0 Å². The van der Waals surface area contributed by atoms with Gasteiger partial charge < -0.3 is 5.73 Å². The summed E-state index contributed by atoms with van der Waals surface area (Å²) in [6, 6.07) is 0. The van der Waals surface area contributed by atoms with Crippen LogP contribution in [0.5, 0.6) is 0 Å². The van der Waals surface area contributed by atoms with Crippen molar-refractivity contribution in [1.82, 2.24) is 0 Å². The van der Waals surface area contributed by atoms with E-state index in [2.05, 4.69) is 4.99 Å². The van der Waals surface area contributed by atoms with Crippen molar-refractivity contribution in [2.24, 2.45) is 16.6 Å². The highest BCUT2D eigenvalue weighted by Gasteiger charge is 2.02. The van der Waals surface area contributed by atoms with Crippen LogP contribution in [0.15, 0.2) is 15.7 Å². The van der Waals surface area contributed by atoms with Gasteiger partial charge >= 0.3 is 0 Å². The quantitative estimate of drug-likeness (QED) is 0.488. The van der Waals surface area contributed by atoms with E-state index in [0.717, 1.165) is 5.70 Å². The molecule has 58 valence electrons. The first-order valence-corrected chi connectivity index (χ1v) is 3.58. The molecule has 0 heterocycles. The minimum atomic E-state index is 0.331. The molecule has 0 aromatic heterocycles. The van der Waals surface area contributed by atoms with E-state index in [9.17, 15) is 0 Å². The van der Waals surface area contributed by atoms with Gasteiger partial charge in [0.2, 0.25) is 0 Å². The van der Waals surface area contributed by atoms with Crippen molar-refractivity contribution in [1.29, 1.82) is 0 Å². The third kappa shape index (κ3) is 2.87. The van der Waals surface area contributed by atoms with Gasteiger partial charge in [0.1, 0.15) is 0 Å². The van der Waals surface area contributed by atoms with Gasteiger partial charge in [0.15, 0.2) is 0 Å². The number of nitrogens with two attached hydrogens (primary N) is 1. The Morgan fingerprint density at radius 1 is 1.60 bits per heavy atom. The van der Waals surface area contributed by atoms with Crippen LogP contribution in [0.3, 0.4) is 0 Å². The molecule has 0 amide bonds. The van der Waals surface area contributed by atoms with Crippen molar-refractivity contribution in [3.05, 3.63) is 10.7 Å². The van der Waals surface area contributed by atoms with E-state index in [1.54, 1.807) is 0 Å². The van der Waals surface area contributed by atoms with Gasteiger partial charge in [-0.25, -0.2) is 4.99 Å². The molecule has 0 aliphatic carbocycles. The molecule has 0 spiro atoms. The fraction of sp³-hybridized carbons (Fsp3) is 0.571. The van der Waals surface area contributed by atoms with Crippen molar-refractivity contribution in [2.45, 2.75) is 20.8 Å². The molecule has 2 nitrogen and oxygen atoms in total. The number of nitrogens with zero attached hydrogens (tertiary/aromatic N) is 1. The zero-order valence-corrected chi connectivity index (χ0v) is 7.31. The van der Waals surface area contributed by atoms with E-state index < -0.39 is 0 Å². The Balaban J connectivity index is 4.44. The summed E-state index contributed by atoms with van der Waals surface area (Å²) in [4.78, 5) is 3.92. The van der Waals surface area contributed by atoms with Gasteiger partial charge in [0.05, 0.1) is 12.0 Å². The molecule has 0 aromatic carbocycles. The molecule has 0 saturated heterocycles. The smallest absolute Gasteiger partial charge is 0.0856 e. The summed E-state index contributed by atoms with van der Waals surface area (Å²) in [5, 5.41) is 0.705. The average molecular weight is 161 g/mol. The summed E-state index contributed by atoms with van der Waals surface area (Å²) in [5.41, 5.74) is 5.97. The average Bonchev–Trinajstić information content (AvgIpc) is 1.81. The maximum absolute atomic E-state index is 5.73. The predicted molar refractivity (Wildman–Crippen MR) is 46.1 cm³/mol. The Morgan fingerprint density at radius 2 is 2.10 bits per heavy atom. The molecule has 0 fully saturated rings. The van der Waals surface area contributed by atoms with Crippen LogP contribution in [-0.2, 0) is 0 Å². The van der Waals surface area contributed by atoms with Crippen LogP contribution in [0.25, 0.3) is 0 Å². The Morgan fingerprint density at radius 3 is 2.20 bits per heavy atom. The number of hydrogen-bond donors (Lipinski definition) is 1. The van der Waals surface area contributed by atoms with Crippen LogP contribution >= 0.6 is 11.6 Å². The molecular formula is C7H13ClN2. The minimum absolute atomic E-state index is 0.331. The highest BCUT2D eigenvalue weighted by atomic mass is 35.5. The Bertz CT molecular complexity index is 155. The van der Waals surface area contributed by atoms with Gasteiger partial charge in [0, 0.05) is 5.03 Å². The SMILES string of the molecule is C/C(Cl)=C(\N=CN)C(C)C. The van der Waals surface area contributed by atoms with Crippen molar-refractivity contribution in [3.8, 4) is 0 Å². The molecule has 0 rings (SSSR count). The van der Waals surface area contributed by atoms with Crippen LogP contribution < -0.4 is 5.73 Å². The molecule has 0 bridgehead atoms. The molecule has 10 heavy (non-hydrogen) atoms. The monoisotopic (exact) mass is 160 g/mol. The Kier molecular flexibility index (Phi) is 4.12. The van der Waals surface area contributed by atoms with Crippen LogP contribution in [-0.4, -0.2) is 6.34 Å². The fourth-order valence-electron chi connectivity index (χ4n) is 0.716. The third-order valence-electron chi connectivity index (χ3n) is 1.11. The summed E-state index contributed by atoms with van der Waals surface area (Å²) < 4.78 is 0. The maximum atomic E-state index is 5.73. The van der Waals surface area contributed by atoms with E-state index in [-0.39, 0.29) is 0 Å². The first-order chi connectivity index (χ1) is 4.59. The van der Waals surface area contributed by atoms with Gasteiger partial charge in [0.25, 0.3) is 0 Å². The molecule has 0 aliphatic heterocycles. The third-order valence-corrected chi connectivity index (χ3v) is 1.31. The number of rotatable bonds is 2. The van der Waals surface area contributed by atoms with Crippen molar-refractivity contribution >= 4 is 17.9 Å². The molecular weight excluding hydrogens is 148 g/mol. The topological polar surface area (TPSA) is 38.4 Å². The molecule has 0 saturated carbocycles. The Labute approximate surface area is 66.8 Å². The summed E-state index contributed by atoms with van der Waals surface area (Å²) in [6.45, 7) is 5.85. The summed E-state index contributed by atoms with van der Waals surface area (Å²) in [6.07, 6.45) is 1.27. The van der Waals surface area contributed by atoms with E-state index in [0.29, 0.717) is 11.0 Å². The summed E-state index contributed by atoms with van der Waals surface area (Å²) in [7, 11) is 0. The Hall–Kier alpha value is -0.500. The molecule has 0 unspecified atom stereocenters. The van der Waals surface area contributed by atoms with Crippen LogP contribution in [0.2, 0.25) is 0 Å². The van der Waals surface area contributed by atoms with Crippen LogP contribution in [0, 0.1) is 5.92 Å². The second kappa shape index (κ2) is 4.34. The lowest BCUT2D eigenvalue weighted by molar-refractivity contribution is 0.753. The second-order valence-electron chi connectivity index (χ2n) is 2.35. The first-order valence-electron chi connectivity index (χ1n) is 3.20. The van der Waals surface area contributed by atoms with E-state index >= 15 is 0 Å². The summed E-state index contributed by atoms with van der Waals surface area (Å²) >= 11 is 5.73. The predicted octanol–water partition coefficient (Wildman–Crippen LogP) is 2.10. The highest BCUT2D eigenvalue weighted by molar-refractivity contribution is 6.29. The van der Waals surface area contributed by atoms with Gasteiger partial charge in [-0.1, -0.05) is 25.4 Å². The standard InChI is InChI=1S/C7H13ClN2/c1-5(2)7(6(3)8)10-4-9/h4-5H,1-3H3,(H2,9,10)/b7-6+. The lowest BCUT2D eigenvalue weighted by atomic mass is 10.1. The van der Waals surface area contributed by atoms with Crippen molar-refractivity contribution in [3.63, 3.8) is 0 Å². The van der Waals surface area contributed by atoms with E-state index in [4.69, 9.17) is 17.3 Å². The number of hydrogen-bond acceptors (Lipinski definition) is 1. The zero-order valence-electron chi connectivity index (χ0n) is 6.56.